The Morgan fingerprint density at radius 1 is 1.14 bits per heavy atom. The molecular formula is C22H29ClN4OSi. The van der Waals surface area contributed by atoms with Crippen LogP contribution in [0.1, 0.15) is 32.0 Å². The van der Waals surface area contributed by atoms with Gasteiger partial charge in [0, 0.05) is 30.3 Å². The van der Waals surface area contributed by atoms with Crippen LogP contribution in [0.3, 0.4) is 0 Å². The summed E-state index contributed by atoms with van der Waals surface area (Å²) in [5.74, 6) is 0. The van der Waals surface area contributed by atoms with E-state index < -0.39 is 8.32 Å². The molecule has 0 aliphatic rings. The second-order valence-electron chi connectivity index (χ2n) is 8.77. The second-order valence-corrected chi connectivity index (χ2v) is 13.9. The lowest BCUT2D eigenvalue weighted by molar-refractivity contribution is 0.291. The number of hydrogen-bond acceptors (Lipinski definition) is 4. The van der Waals surface area contributed by atoms with Gasteiger partial charge in [0.2, 0.25) is 0 Å². The van der Waals surface area contributed by atoms with Crippen LogP contribution in [0, 0.1) is 6.92 Å². The number of aryl methyl sites for hydroxylation is 1. The van der Waals surface area contributed by atoms with Crippen LogP contribution in [0.25, 0.3) is 17.1 Å². The molecule has 29 heavy (non-hydrogen) atoms. The van der Waals surface area contributed by atoms with Crippen molar-refractivity contribution < 1.29 is 4.43 Å². The lowest BCUT2D eigenvalue weighted by Crippen LogP contribution is -2.41. The summed E-state index contributed by atoms with van der Waals surface area (Å²) in [6.07, 6.45) is 4.39. The summed E-state index contributed by atoms with van der Waals surface area (Å²) in [7, 11) is -1.82. The molecule has 0 atom stereocenters. The number of pyridine rings is 2. The fraction of sp³-hybridized carbons (Fsp3) is 0.409. The van der Waals surface area contributed by atoms with Gasteiger partial charge in [0.05, 0.1) is 11.4 Å². The van der Waals surface area contributed by atoms with Gasteiger partial charge in [-0.25, -0.2) is 9.67 Å². The van der Waals surface area contributed by atoms with Crippen LogP contribution in [-0.4, -0.2) is 34.7 Å². The van der Waals surface area contributed by atoms with Crippen molar-refractivity contribution in [1.29, 1.82) is 0 Å². The van der Waals surface area contributed by atoms with Crippen molar-refractivity contribution in [3.63, 3.8) is 0 Å². The van der Waals surface area contributed by atoms with E-state index in [-0.39, 0.29) is 5.04 Å². The average molecular weight is 429 g/mol. The van der Waals surface area contributed by atoms with E-state index in [0.29, 0.717) is 18.2 Å². The molecule has 0 bridgehead atoms. The SMILES string of the molecule is Cc1cc(-n2ccc(-c3ccccn3)n2)c(CCO[Si](C)(C)C(C)(C)C)c(Cl)n1. The van der Waals surface area contributed by atoms with Crippen LogP contribution in [-0.2, 0) is 10.8 Å². The van der Waals surface area contributed by atoms with Crippen LogP contribution >= 0.6 is 11.6 Å². The van der Waals surface area contributed by atoms with Crippen molar-refractivity contribution in [1.82, 2.24) is 19.7 Å². The minimum absolute atomic E-state index is 0.171. The van der Waals surface area contributed by atoms with E-state index in [1.807, 2.05) is 48.1 Å². The highest BCUT2D eigenvalue weighted by atomic mass is 35.5. The van der Waals surface area contributed by atoms with Crippen molar-refractivity contribution >= 4 is 19.9 Å². The summed E-state index contributed by atoms with van der Waals surface area (Å²) in [6.45, 7) is 13.8. The van der Waals surface area contributed by atoms with Gasteiger partial charge in [-0.2, -0.15) is 5.10 Å². The molecule has 0 aliphatic carbocycles. The lowest BCUT2D eigenvalue weighted by Gasteiger charge is -2.36. The number of rotatable bonds is 6. The largest absolute Gasteiger partial charge is 0.416 e. The summed E-state index contributed by atoms with van der Waals surface area (Å²) < 4.78 is 8.21. The maximum Gasteiger partial charge on any atom is 0.191 e. The molecule has 5 nitrogen and oxygen atoms in total. The Morgan fingerprint density at radius 2 is 1.90 bits per heavy atom. The fourth-order valence-electron chi connectivity index (χ4n) is 2.81. The Morgan fingerprint density at radius 3 is 2.55 bits per heavy atom. The van der Waals surface area contributed by atoms with Crippen LogP contribution < -0.4 is 0 Å². The molecule has 7 heteroatoms. The number of hydrogen-bond donors (Lipinski definition) is 0. The van der Waals surface area contributed by atoms with E-state index in [1.165, 1.54) is 0 Å². The van der Waals surface area contributed by atoms with Crippen LogP contribution in [0.2, 0.25) is 23.3 Å². The first-order chi connectivity index (χ1) is 13.6. The maximum atomic E-state index is 6.54. The third kappa shape index (κ3) is 4.94. The Hall–Kier alpha value is -2.02. The molecule has 0 aromatic carbocycles. The van der Waals surface area contributed by atoms with Crippen molar-refractivity contribution in [3.05, 3.63) is 59.1 Å². The maximum absolute atomic E-state index is 6.54. The monoisotopic (exact) mass is 428 g/mol. The minimum Gasteiger partial charge on any atom is -0.416 e. The third-order valence-electron chi connectivity index (χ3n) is 5.56. The molecule has 0 aliphatic heterocycles. The zero-order valence-electron chi connectivity index (χ0n) is 18.0. The van der Waals surface area contributed by atoms with Gasteiger partial charge in [-0.1, -0.05) is 38.4 Å². The van der Waals surface area contributed by atoms with Crippen molar-refractivity contribution in [2.24, 2.45) is 0 Å². The predicted molar refractivity (Wildman–Crippen MR) is 121 cm³/mol. The molecule has 0 saturated heterocycles. The van der Waals surface area contributed by atoms with Gasteiger partial charge >= 0.3 is 0 Å². The van der Waals surface area contributed by atoms with Crippen molar-refractivity contribution in [2.75, 3.05) is 6.61 Å². The summed E-state index contributed by atoms with van der Waals surface area (Å²) in [5, 5.41) is 5.40. The van der Waals surface area contributed by atoms with Gasteiger partial charge in [0.1, 0.15) is 10.8 Å². The van der Waals surface area contributed by atoms with Gasteiger partial charge in [0.25, 0.3) is 0 Å². The molecule has 3 aromatic heterocycles. The first-order valence-electron chi connectivity index (χ1n) is 9.86. The summed E-state index contributed by atoms with van der Waals surface area (Å²) >= 11 is 6.54. The van der Waals surface area contributed by atoms with Crippen LogP contribution in [0.5, 0.6) is 0 Å². The molecule has 0 saturated carbocycles. The molecule has 0 fully saturated rings. The van der Waals surface area contributed by atoms with Gasteiger partial charge < -0.3 is 4.43 Å². The van der Waals surface area contributed by atoms with Gasteiger partial charge in [0.15, 0.2) is 8.32 Å². The molecule has 154 valence electrons. The van der Waals surface area contributed by atoms with E-state index in [0.717, 1.165) is 28.3 Å². The molecule has 3 heterocycles. The summed E-state index contributed by atoms with van der Waals surface area (Å²) in [6, 6.07) is 9.78. The molecular weight excluding hydrogens is 400 g/mol. The highest BCUT2D eigenvalue weighted by Gasteiger charge is 2.37. The predicted octanol–water partition coefficient (Wildman–Crippen LogP) is 5.86. The van der Waals surface area contributed by atoms with Crippen LogP contribution in [0.15, 0.2) is 42.7 Å². The Kier molecular flexibility index (Phi) is 6.26. The van der Waals surface area contributed by atoms with E-state index in [2.05, 4.69) is 43.8 Å². The molecule has 0 N–H and O–H groups in total. The standard InChI is InChI=1S/C22H29ClN4OSi/c1-16-15-20(27-13-10-19(26-27)18-9-7-8-12-24-18)17(21(23)25-16)11-14-28-29(5,6)22(2,3)4/h7-10,12-13,15H,11,14H2,1-6H3. The smallest absolute Gasteiger partial charge is 0.191 e. The van der Waals surface area contributed by atoms with Crippen LogP contribution in [0.4, 0.5) is 0 Å². The molecule has 3 aromatic rings. The van der Waals surface area contributed by atoms with E-state index in [9.17, 15) is 0 Å². The molecule has 0 unspecified atom stereocenters. The zero-order chi connectivity index (χ0) is 21.2. The highest BCUT2D eigenvalue weighted by Crippen LogP contribution is 2.36. The minimum atomic E-state index is -1.82. The summed E-state index contributed by atoms with van der Waals surface area (Å²) in [4.78, 5) is 8.84. The van der Waals surface area contributed by atoms with Crippen molar-refractivity contribution in [2.45, 2.75) is 52.2 Å². The van der Waals surface area contributed by atoms with Crippen molar-refractivity contribution in [3.8, 4) is 17.1 Å². The Balaban J connectivity index is 1.88. The van der Waals surface area contributed by atoms with Gasteiger partial charge in [-0.05, 0) is 55.7 Å². The van der Waals surface area contributed by atoms with E-state index in [4.69, 9.17) is 21.1 Å². The highest BCUT2D eigenvalue weighted by molar-refractivity contribution is 6.74. The third-order valence-corrected chi connectivity index (χ3v) is 10.4. The van der Waals surface area contributed by atoms with E-state index in [1.54, 1.807) is 6.20 Å². The second kappa shape index (κ2) is 8.38. The Bertz CT molecular complexity index is 980. The molecule has 0 radical (unpaired) electrons. The molecule has 3 rings (SSSR count). The van der Waals surface area contributed by atoms with E-state index >= 15 is 0 Å². The normalized spacial score (nSPS) is 12.4. The first-order valence-corrected chi connectivity index (χ1v) is 13.1. The number of nitrogens with zero attached hydrogens (tertiary/aromatic N) is 4. The van der Waals surface area contributed by atoms with Gasteiger partial charge in [-0.3, -0.25) is 4.98 Å². The lowest BCUT2D eigenvalue weighted by atomic mass is 10.1. The molecule has 0 amide bonds. The quantitative estimate of drug-likeness (QED) is 0.364. The zero-order valence-corrected chi connectivity index (χ0v) is 19.8. The fourth-order valence-corrected chi connectivity index (χ4v) is 4.18. The average Bonchev–Trinajstić information content (AvgIpc) is 3.13. The molecule has 0 spiro atoms. The topological polar surface area (TPSA) is 52.8 Å². The summed E-state index contributed by atoms with van der Waals surface area (Å²) in [5.41, 5.74) is 4.40. The first kappa shape index (κ1) is 21.7. The Labute approximate surface area is 179 Å². The number of aromatic nitrogens is 4. The number of halogens is 1. The van der Waals surface area contributed by atoms with Gasteiger partial charge in [-0.15, -0.1) is 0 Å².